The van der Waals surface area contributed by atoms with E-state index in [4.69, 9.17) is 26.6 Å². The Hall–Kier alpha value is -1.37. The maximum atomic E-state index is 5.52. The average Bonchev–Trinajstić information content (AvgIpc) is 2.74. The van der Waals surface area contributed by atoms with Crippen molar-refractivity contribution in [2.24, 2.45) is 0 Å². The standard InChI is InChI=1S/C19H28O6Si2/c1-20-26(21-2,22-3)18-11-7-16(8-12-18)15-17-9-13-19(14-10-17)27(23-4,24-5)25-6/h7-14H,15H2,1-6H3. The predicted octanol–water partition coefficient (Wildman–Crippen LogP) is 1.45. The fourth-order valence-corrected chi connectivity index (χ4v) is 6.66. The number of benzene rings is 2. The van der Waals surface area contributed by atoms with E-state index in [9.17, 15) is 0 Å². The molecule has 2 aromatic carbocycles. The van der Waals surface area contributed by atoms with Crippen molar-refractivity contribution in [2.75, 3.05) is 42.7 Å². The van der Waals surface area contributed by atoms with Gasteiger partial charge in [0, 0.05) is 53.0 Å². The van der Waals surface area contributed by atoms with Crippen molar-refractivity contribution in [1.29, 1.82) is 0 Å². The minimum absolute atomic E-state index is 0.809. The number of hydrogen-bond donors (Lipinski definition) is 0. The van der Waals surface area contributed by atoms with Crippen LogP contribution in [0.4, 0.5) is 0 Å². The molecule has 27 heavy (non-hydrogen) atoms. The van der Waals surface area contributed by atoms with Crippen LogP contribution in [0.15, 0.2) is 48.5 Å². The van der Waals surface area contributed by atoms with Gasteiger partial charge in [0.25, 0.3) is 0 Å². The molecule has 0 aliphatic heterocycles. The van der Waals surface area contributed by atoms with Crippen LogP contribution in [-0.4, -0.2) is 60.3 Å². The highest BCUT2D eigenvalue weighted by Crippen LogP contribution is 2.13. The zero-order valence-corrected chi connectivity index (χ0v) is 18.8. The topological polar surface area (TPSA) is 55.4 Å². The average molecular weight is 409 g/mol. The lowest BCUT2D eigenvalue weighted by Crippen LogP contribution is -2.54. The van der Waals surface area contributed by atoms with Crippen LogP contribution in [0.3, 0.4) is 0 Å². The van der Waals surface area contributed by atoms with Crippen molar-refractivity contribution in [2.45, 2.75) is 6.42 Å². The first-order valence-electron chi connectivity index (χ1n) is 8.52. The Morgan fingerprint density at radius 2 is 0.741 bits per heavy atom. The van der Waals surface area contributed by atoms with Gasteiger partial charge in [-0.05, 0) is 17.5 Å². The summed E-state index contributed by atoms with van der Waals surface area (Å²) in [6.45, 7) is 0. The Bertz CT molecular complexity index is 619. The molecule has 0 saturated heterocycles. The molecule has 0 spiro atoms. The van der Waals surface area contributed by atoms with Gasteiger partial charge in [-0.2, -0.15) is 0 Å². The molecular weight excluding hydrogens is 380 g/mol. The molecule has 0 unspecified atom stereocenters. The van der Waals surface area contributed by atoms with Gasteiger partial charge < -0.3 is 26.6 Å². The molecule has 0 amide bonds. The summed E-state index contributed by atoms with van der Waals surface area (Å²) in [5.74, 6) is 0. The second kappa shape index (κ2) is 9.71. The van der Waals surface area contributed by atoms with Crippen molar-refractivity contribution in [3.8, 4) is 0 Å². The van der Waals surface area contributed by atoms with Gasteiger partial charge in [-0.3, -0.25) is 0 Å². The molecular formula is C19H28O6Si2. The van der Waals surface area contributed by atoms with E-state index in [1.54, 1.807) is 42.7 Å². The summed E-state index contributed by atoms with van der Waals surface area (Å²) in [6, 6.07) is 16.3. The highest BCUT2D eigenvalue weighted by molar-refractivity contribution is 6.75. The Labute approximate surface area is 163 Å². The lowest BCUT2D eigenvalue weighted by atomic mass is 10.1. The first kappa shape index (κ1) is 21.9. The predicted molar refractivity (Wildman–Crippen MR) is 109 cm³/mol. The Morgan fingerprint density at radius 3 is 0.963 bits per heavy atom. The lowest BCUT2D eigenvalue weighted by Gasteiger charge is -2.25. The maximum Gasteiger partial charge on any atom is 0.536 e. The molecule has 2 aromatic rings. The zero-order valence-electron chi connectivity index (χ0n) is 16.8. The van der Waals surface area contributed by atoms with E-state index in [0.29, 0.717) is 0 Å². The second-order valence-corrected chi connectivity index (χ2v) is 11.7. The normalized spacial score (nSPS) is 12.4. The summed E-state index contributed by atoms with van der Waals surface area (Å²) < 4.78 is 33.1. The van der Waals surface area contributed by atoms with Crippen LogP contribution >= 0.6 is 0 Å². The van der Waals surface area contributed by atoms with Crippen LogP contribution in [-0.2, 0) is 33.0 Å². The Balaban J connectivity index is 2.16. The monoisotopic (exact) mass is 408 g/mol. The molecule has 8 heteroatoms. The molecule has 0 N–H and O–H groups in total. The highest BCUT2D eigenvalue weighted by atomic mass is 28.4. The highest BCUT2D eigenvalue weighted by Gasteiger charge is 2.41. The molecule has 2 rings (SSSR count). The fraction of sp³-hybridized carbons (Fsp3) is 0.368. The van der Waals surface area contributed by atoms with Crippen molar-refractivity contribution >= 4 is 28.0 Å². The van der Waals surface area contributed by atoms with E-state index in [2.05, 4.69) is 24.3 Å². The van der Waals surface area contributed by atoms with Gasteiger partial charge in [0.1, 0.15) is 0 Å². The van der Waals surface area contributed by atoms with Crippen LogP contribution < -0.4 is 10.4 Å². The summed E-state index contributed by atoms with van der Waals surface area (Å²) >= 11 is 0. The third kappa shape index (κ3) is 4.56. The zero-order chi connectivity index (χ0) is 19.9. The van der Waals surface area contributed by atoms with Gasteiger partial charge in [0.15, 0.2) is 0 Å². The molecule has 0 atom stereocenters. The molecule has 0 aliphatic carbocycles. The summed E-state index contributed by atoms with van der Waals surface area (Å²) in [5, 5.41) is 1.87. The first-order valence-corrected chi connectivity index (χ1v) is 12.0. The summed E-state index contributed by atoms with van der Waals surface area (Å²) in [7, 11) is 4.08. The van der Waals surface area contributed by atoms with Crippen LogP contribution in [0.25, 0.3) is 0 Å². The fourth-order valence-electron chi connectivity index (χ4n) is 3.10. The van der Waals surface area contributed by atoms with Crippen LogP contribution in [0.2, 0.25) is 0 Å². The summed E-state index contributed by atoms with van der Waals surface area (Å²) in [6.07, 6.45) is 0.809. The van der Waals surface area contributed by atoms with E-state index >= 15 is 0 Å². The van der Waals surface area contributed by atoms with E-state index in [0.717, 1.165) is 16.8 Å². The van der Waals surface area contributed by atoms with Crippen molar-refractivity contribution < 1.29 is 26.6 Å². The van der Waals surface area contributed by atoms with Crippen molar-refractivity contribution in [1.82, 2.24) is 0 Å². The van der Waals surface area contributed by atoms with E-state index in [1.165, 1.54) is 11.1 Å². The third-order valence-electron chi connectivity index (χ3n) is 4.64. The molecule has 0 aromatic heterocycles. The quantitative estimate of drug-likeness (QED) is 0.555. The lowest BCUT2D eigenvalue weighted by molar-refractivity contribution is 0.140. The van der Waals surface area contributed by atoms with E-state index in [1.807, 2.05) is 24.3 Å². The van der Waals surface area contributed by atoms with E-state index < -0.39 is 17.6 Å². The SMILES string of the molecule is CO[Si](OC)(OC)c1ccc(Cc2ccc([Si](OC)(OC)OC)cc2)cc1. The summed E-state index contributed by atoms with van der Waals surface area (Å²) in [4.78, 5) is 0. The van der Waals surface area contributed by atoms with Gasteiger partial charge in [-0.25, -0.2) is 0 Å². The molecule has 0 saturated carbocycles. The third-order valence-corrected chi connectivity index (χ3v) is 9.94. The van der Waals surface area contributed by atoms with Crippen LogP contribution in [0.5, 0.6) is 0 Å². The minimum Gasteiger partial charge on any atom is -0.373 e. The van der Waals surface area contributed by atoms with Crippen molar-refractivity contribution in [3.05, 3.63) is 59.7 Å². The smallest absolute Gasteiger partial charge is 0.373 e. The molecule has 0 radical (unpaired) electrons. The van der Waals surface area contributed by atoms with E-state index in [-0.39, 0.29) is 0 Å². The van der Waals surface area contributed by atoms with Crippen LogP contribution in [0, 0.1) is 0 Å². The van der Waals surface area contributed by atoms with Gasteiger partial charge in [0.05, 0.1) is 0 Å². The number of rotatable bonds is 10. The largest absolute Gasteiger partial charge is 0.536 e. The molecule has 0 aliphatic rings. The maximum absolute atomic E-state index is 5.52. The minimum atomic E-state index is -2.79. The molecule has 0 heterocycles. The number of hydrogen-bond acceptors (Lipinski definition) is 6. The Morgan fingerprint density at radius 1 is 0.481 bits per heavy atom. The van der Waals surface area contributed by atoms with Gasteiger partial charge >= 0.3 is 17.6 Å². The Kier molecular flexibility index (Phi) is 7.89. The second-order valence-electron chi connectivity index (χ2n) is 5.91. The van der Waals surface area contributed by atoms with Gasteiger partial charge in [-0.1, -0.05) is 48.5 Å². The van der Waals surface area contributed by atoms with Crippen LogP contribution in [0.1, 0.15) is 11.1 Å². The van der Waals surface area contributed by atoms with Gasteiger partial charge in [-0.15, -0.1) is 0 Å². The molecule has 0 bridgehead atoms. The van der Waals surface area contributed by atoms with Crippen molar-refractivity contribution in [3.63, 3.8) is 0 Å². The molecule has 148 valence electrons. The first-order chi connectivity index (χ1) is 13.0. The molecule has 0 fully saturated rings. The van der Waals surface area contributed by atoms with Gasteiger partial charge in [0.2, 0.25) is 0 Å². The summed E-state index contributed by atoms with van der Waals surface area (Å²) in [5.41, 5.74) is 2.37. The molecule has 6 nitrogen and oxygen atoms in total.